The molecular weight excluding hydrogens is 308 g/mol. The Bertz CT molecular complexity index is 539. The van der Waals surface area contributed by atoms with Crippen LogP contribution in [0.15, 0.2) is 22.9 Å². The SMILES string of the molecule is CCn1nc(C)c(Br)c1CC(NN)c1ncccn1. The molecule has 0 aromatic carbocycles. The Hall–Kier alpha value is -1.31. The molecule has 1 atom stereocenters. The van der Waals surface area contributed by atoms with E-state index >= 15 is 0 Å². The minimum Gasteiger partial charge on any atom is -0.271 e. The van der Waals surface area contributed by atoms with E-state index in [9.17, 15) is 0 Å². The van der Waals surface area contributed by atoms with Crippen molar-refractivity contribution in [2.75, 3.05) is 0 Å². The predicted molar refractivity (Wildman–Crippen MR) is 76.1 cm³/mol. The van der Waals surface area contributed by atoms with E-state index in [1.54, 1.807) is 18.5 Å². The van der Waals surface area contributed by atoms with Crippen molar-refractivity contribution in [2.45, 2.75) is 32.9 Å². The smallest absolute Gasteiger partial charge is 0.146 e. The molecule has 3 N–H and O–H groups in total. The quantitative estimate of drug-likeness (QED) is 0.643. The molecule has 2 heterocycles. The highest BCUT2D eigenvalue weighted by Crippen LogP contribution is 2.25. The summed E-state index contributed by atoms with van der Waals surface area (Å²) in [5.74, 6) is 6.31. The number of rotatable bonds is 5. The first-order chi connectivity index (χ1) is 9.17. The summed E-state index contributed by atoms with van der Waals surface area (Å²) in [6.45, 7) is 4.85. The Balaban J connectivity index is 2.29. The second-order valence-electron chi connectivity index (χ2n) is 4.19. The first-order valence-electron chi connectivity index (χ1n) is 6.12. The summed E-state index contributed by atoms with van der Waals surface area (Å²) in [7, 11) is 0. The molecular formula is C12H17BrN6. The summed E-state index contributed by atoms with van der Waals surface area (Å²) in [5, 5.41) is 4.47. The molecule has 0 spiro atoms. The van der Waals surface area contributed by atoms with Crippen LogP contribution in [0.1, 0.15) is 30.2 Å². The van der Waals surface area contributed by atoms with Gasteiger partial charge in [0.15, 0.2) is 0 Å². The van der Waals surface area contributed by atoms with Crippen LogP contribution in [0.4, 0.5) is 0 Å². The van der Waals surface area contributed by atoms with Crippen molar-refractivity contribution in [3.8, 4) is 0 Å². The second kappa shape index (κ2) is 6.23. The lowest BCUT2D eigenvalue weighted by atomic mass is 10.1. The van der Waals surface area contributed by atoms with Crippen LogP contribution >= 0.6 is 15.9 Å². The number of aryl methyl sites for hydroxylation is 2. The van der Waals surface area contributed by atoms with E-state index in [2.05, 4.69) is 43.3 Å². The Kier molecular flexibility index (Phi) is 4.62. The molecule has 0 fully saturated rings. The van der Waals surface area contributed by atoms with Crippen molar-refractivity contribution in [1.29, 1.82) is 0 Å². The minimum absolute atomic E-state index is 0.140. The number of hydrogen-bond donors (Lipinski definition) is 2. The van der Waals surface area contributed by atoms with Crippen molar-refractivity contribution in [1.82, 2.24) is 25.2 Å². The zero-order valence-corrected chi connectivity index (χ0v) is 12.6. The third kappa shape index (κ3) is 2.99. The van der Waals surface area contributed by atoms with Gasteiger partial charge in [0.1, 0.15) is 5.82 Å². The summed E-state index contributed by atoms with van der Waals surface area (Å²) in [4.78, 5) is 8.48. The number of hydrazine groups is 1. The Morgan fingerprint density at radius 2 is 2.11 bits per heavy atom. The van der Waals surface area contributed by atoms with E-state index in [0.29, 0.717) is 12.2 Å². The summed E-state index contributed by atoms with van der Waals surface area (Å²) < 4.78 is 2.98. The lowest BCUT2D eigenvalue weighted by Crippen LogP contribution is -2.31. The molecule has 0 saturated carbocycles. The van der Waals surface area contributed by atoms with E-state index in [-0.39, 0.29) is 6.04 Å². The first-order valence-corrected chi connectivity index (χ1v) is 6.91. The maximum absolute atomic E-state index is 5.63. The van der Waals surface area contributed by atoms with Gasteiger partial charge >= 0.3 is 0 Å². The molecule has 1 unspecified atom stereocenters. The zero-order valence-electron chi connectivity index (χ0n) is 11.0. The lowest BCUT2D eigenvalue weighted by Gasteiger charge is -2.15. The van der Waals surface area contributed by atoms with Crippen molar-refractivity contribution >= 4 is 15.9 Å². The van der Waals surface area contributed by atoms with Crippen LogP contribution in [0.25, 0.3) is 0 Å². The lowest BCUT2D eigenvalue weighted by molar-refractivity contribution is 0.494. The highest BCUT2D eigenvalue weighted by molar-refractivity contribution is 9.10. The van der Waals surface area contributed by atoms with Gasteiger partial charge in [-0.15, -0.1) is 0 Å². The molecule has 2 rings (SSSR count). The summed E-state index contributed by atoms with van der Waals surface area (Å²) in [5.41, 5.74) is 4.83. The molecule has 102 valence electrons. The third-order valence-corrected chi connectivity index (χ3v) is 3.98. The van der Waals surface area contributed by atoms with Crippen molar-refractivity contribution in [3.05, 3.63) is 40.1 Å². The number of aromatic nitrogens is 4. The van der Waals surface area contributed by atoms with E-state index in [1.807, 2.05) is 11.6 Å². The van der Waals surface area contributed by atoms with Crippen LogP contribution in [-0.2, 0) is 13.0 Å². The minimum atomic E-state index is -0.140. The predicted octanol–water partition coefficient (Wildman–Crippen LogP) is 1.51. The molecule has 0 amide bonds. The third-order valence-electron chi connectivity index (χ3n) is 2.95. The van der Waals surface area contributed by atoms with Gasteiger partial charge in [0.2, 0.25) is 0 Å². The molecule has 0 aliphatic carbocycles. The highest BCUT2D eigenvalue weighted by Gasteiger charge is 2.19. The number of nitrogens with one attached hydrogen (secondary N) is 1. The van der Waals surface area contributed by atoms with E-state index < -0.39 is 0 Å². The number of halogens is 1. The van der Waals surface area contributed by atoms with E-state index in [4.69, 9.17) is 5.84 Å². The van der Waals surface area contributed by atoms with Gasteiger partial charge in [-0.2, -0.15) is 5.10 Å². The number of nitrogens with two attached hydrogens (primary N) is 1. The van der Waals surface area contributed by atoms with Crippen molar-refractivity contribution < 1.29 is 0 Å². The normalized spacial score (nSPS) is 12.6. The molecule has 0 bridgehead atoms. The van der Waals surface area contributed by atoms with Crippen LogP contribution in [0.2, 0.25) is 0 Å². The fourth-order valence-corrected chi connectivity index (χ4v) is 2.42. The molecule has 0 saturated heterocycles. The number of nitrogens with zero attached hydrogens (tertiary/aromatic N) is 4. The topological polar surface area (TPSA) is 81.7 Å². The molecule has 0 aliphatic heterocycles. The fraction of sp³-hybridized carbons (Fsp3) is 0.417. The first kappa shape index (κ1) is 14.1. The number of hydrogen-bond acceptors (Lipinski definition) is 5. The molecule has 7 heteroatoms. The van der Waals surface area contributed by atoms with Gasteiger partial charge in [0, 0.05) is 25.4 Å². The Morgan fingerprint density at radius 3 is 2.68 bits per heavy atom. The molecule has 2 aromatic heterocycles. The van der Waals surface area contributed by atoms with E-state index in [0.717, 1.165) is 22.4 Å². The fourth-order valence-electron chi connectivity index (χ4n) is 1.97. The maximum Gasteiger partial charge on any atom is 0.146 e. The molecule has 0 aliphatic rings. The van der Waals surface area contributed by atoms with Crippen LogP contribution in [0.5, 0.6) is 0 Å². The maximum atomic E-state index is 5.63. The van der Waals surface area contributed by atoms with Crippen LogP contribution in [-0.4, -0.2) is 19.7 Å². The summed E-state index contributed by atoms with van der Waals surface area (Å²) in [6, 6.07) is 1.65. The van der Waals surface area contributed by atoms with Gasteiger partial charge in [-0.05, 0) is 35.8 Å². The van der Waals surface area contributed by atoms with Gasteiger partial charge in [-0.1, -0.05) is 0 Å². The van der Waals surface area contributed by atoms with Crippen LogP contribution in [0, 0.1) is 6.92 Å². The van der Waals surface area contributed by atoms with Crippen LogP contribution < -0.4 is 11.3 Å². The standard InChI is InChI=1S/C12H17BrN6/c1-3-19-10(11(13)8(2)18-19)7-9(17-14)12-15-5-4-6-16-12/h4-6,9,17H,3,7,14H2,1-2H3. The van der Waals surface area contributed by atoms with E-state index in [1.165, 1.54) is 0 Å². The van der Waals surface area contributed by atoms with Gasteiger partial charge in [0.25, 0.3) is 0 Å². The Labute approximate surface area is 120 Å². The van der Waals surface area contributed by atoms with Gasteiger partial charge in [0.05, 0.1) is 21.9 Å². The average molecular weight is 325 g/mol. The van der Waals surface area contributed by atoms with Gasteiger partial charge in [-0.25, -0.2) is 15.4 Å². The van der Waals surface area contributed by atoms with Gasteiger partial charge in [-0.3, -0.25) is 10.5 Å². The summed E-state index contributed by atoms with van der Waals surface area (Å²) >= 11 is 3.58. The van der Waals surface area contributed by atoms with Crippen LogP contribution in [0.3, 0.4) is 0 Å². The molecule has 0 radical (unpaired) electrons. The zero-order chi connectivity index (χ0) is 13.8. The second-order valence-corrected chi connectivity index (χ2v) is 4.99. The average Bonchev–Trinajstić information content (AvgIpc) is 2.72. The van der Waals surface area contributed by atoms with Crippen molar-refractivity contribution in [2.24, 2.45) is 5.84 Å². The Morgan fingerprint density at radius 1 is 1.42 bits per heavy atom. The largest absolute Gasteiger partial charge is 0.271 e. The summed E-state index contributed by atoms with van der Waals surface area (Å²) in [6.07, 6.45) is 4.10. The van der Waals surface area contributed by atoms with Gasteiger partial charge < -0.3 is 0 Å². The monoisotopic (exact) mass is 324 g/mol. The van der Waals surface area contributed by atoms with Crippen molar-refractivity contribution in [3.63, 3.8) is 0 Å². The highest BCUT2D eigenvalue weighted by atomic mass is 79.9. The molecule has 19 heavy (non-hydrogen) atoms. The molecule has 6 nitrogen and oxygen atoms in total. The molecule has 2 aromatic rings.